The van der Waals surface area contributed by atoms with Crippen molar-refractivity contribution in [1.29, 1.82) is 0 Å². The summed E-state index contributed by atoms with van der Waals surface area (Å²) in [5.74, 6) is 0.979. The molecule has 0 aliphatic rings. The Morgan fingerprint density at radius 3 is 2.60 bits per heavy atom. The highest BCUT2D eigenvalue weighted by molar-refractivity contribution is 7.99. The van der Waals surface area contributed by atoms with Crippen LogP contribution in [-0.2, 0) is 4.79 Å². The number of nitrogens with one attached hydrogen (secondary N) is 2. The number of carbonyl (C=O) groups is 1. The summed E-state index contributed by atoms with van der Waals surface area (Å²) in [5, 5.41) is 5.99. The van der Waals surface area contributed by atoms with E-state index in [1.54, 1.807) is 11.8 Å². The van der Waals surface area contributed by atoms with E-state index in [1.165, 1.54) is 16.0 Å². The Balaban J connectivity index is 0.00000361. The molecule has 0 atom stereocenters. The average Bonchev–Trinajstić information content (AvgIpc) is 2.39. The van der Waals surface area contributed by atoms with Crippen LogP contribution < -0.4 is 10.6 Å². The molecule has 3 nitrogen and oxygen atoms in total. The largest absolute Gasteiger partial charge is 0.356 e. The van der Waals surface area contributed by atoms with E-state index in [1.807, 2.05) is 7.05 Å². The molecule has 114 valence electrons. The van der Waals surface area contributed by atoms with Gasteiger partial charge in [0.15, 0.2) is 0 Å². The number of hydrogen-bond donors (Lipinski definition) is 2. The predicted octanol–water partition coefficient (Wildman–Crippen LogP) is 2.93. The molecule has 0 fully saturated rings. The Morgan fingerprint density at radius 1 is 1.20 bits per heavy atom. The number of carbonyl (C=O) groups excluding carboxylic acids is 1. The highest BCUT2D eigenvalue weighted by Gasteiger charge is 2.02. The number of aryl methyl sites for hydroxylation is 2. The fraction of sp³-hybridized carbons (Fsp3) is 0.533. The molecule has 1 amide bonds. The molecule has 1 aromatic carbocycles. The minimum atomic E-state index is 0. The van der Waals surface area contributed by atoms with Gasteiger partial charge in [-0.1, -0.05) is 6.07 Å². The van der Waals surface area contributed by atoms with Crippen LogP contribution in [-0.4, -0.2) is 31.8 Å². The van der Waals surface area contributed by atoms with Crippen molar-refractivity contribution in [3.05, 3.63) is 29.3 Å². The lowest BCUT2D eigenvalue weighted by Crippen LogP contribution is -2.26. The molecule has 1 aromatic rings. The van der Waals surface area contributed by atoms with Gasteiger partial charge in [-0.15, -0.1) is 24.2 Å². The fourth-order valence-electron chi connectivity index (χ4n) is 1.65. The van der Waals surface area contributed by atoms with Gasteiger partial charge in [-0.25, -0.2) is 0 Å². The van der Waals surface area contributed by atoms with Gasteiger partial charge in [-0.2, -0.15) is 0 Å². The van der Waals surface area contributed by atoms with E-state index in [2.05, 4.69) is 42.7 Å². The van der Waals surface area contributed by atoms with Crippen molar-refractivity contribution in [2.24, 2.45) is 0 Å². The molecule has 0 aliphatic carbocycles. The smallest absolute Gasteiger partial charge is 0.220 e. The second-order valence-corrected chi connectivity index (χ2v) is 5.82. The molecule has 0 radical (unpaired) electrons. The van der Waals surface area contributed by atoms with Crippen LogP contribution in [0.15, 0.2) is 23.1 Å². The molecule has 1 rings (SSSR count). The zero-order valence-electron chi connectivity index (χ0n) is 12.5. The number of benzene rings is 1. The second-order valence-electron chi connectivity index (χ2n) is 4.65. The zero-order chi connectivity index (χ0) is 14.1. The number of thioether (sulfide) groups is 1. The Hall–Kier alpha value is -0.710. The van der Waals surface area contributed by atoms with Gasteiger partial charge in [0, 0.05) is 23.6 Å². The van der Waals surface area contributed by atoms with E-state index in [4.69, 9.17) is 0 Å². The van der Waals surface area contributed by atoms with Crippen LogP contribution in [0, 0.1) is 13.8 Å². The van der Waals surface area contributed by atoms with Crippen LogP contribution >= 0.6 is 24.2 Å². The standard InChI is InChI=1S/C15H24N2OS.ClH/c1-12-5-6-14(11-13(12)2)19-10-7-15(18)17-9-4-8-16-3;/h5-6,11,16H,4,7-10H2,1-3H3,(H,17,18);1H. The summed E-state index contributed by atoms with van der Waals surface area (Å²) in [6.45, 7) is 5.93. The van der Waals surface area contributed by atoms with E-state index in [9.17, 15) is 4.79 Å². The average molecular weight is 317 g/mol. The lowest BCUT2D eigenvalue weighted by Gasteiger charge is -2.06. The van der Waals surface area contributed by atoms with Crippen LogP contribution in [0.25, 0.3) is 0 Å². The van der Waals surface area contributed by atoms with E-state index in [-0.39, 0.29) is 18.3 Å². The Labute approximate surface area is 132 Å². The molecule has 0 bridgehead atoms. The van der Waals surface area contributed by atoms with Gasteiger partial charge in [0.25, 0.3) is 0 Å². The van der Waals surface area contributed by atoms with Crippen molar-refractivity contribution in [2.45, 2.75) is 31.6 Å². The summed E-state index contributed by atoms with van der Waals surface area (Å²) in [4.78, 5) is 12.8. The minimum Gasteiger partial charge on any atom is -0.356 e. The number of rotatable bonds is 8. The van der Waals surface area contributed by atoms with Crippen molar-refractivity contribution in [1.82, 2.24) is 10.6 Å². The van der Waals surface area contributed by atoms with Crippen molar-refractivity contribution in [2.75, 3.05) is 25.9 Å². The van der Waals surface area contributed by atoms with Crippen LogP contribution in [0.5, 0.6) is 0 Å². The summed E-state index contributed by atoms with van der Waals surface area (Å²) in [7, 11) is 1.92. The molecule has 5 heteroatoms. The fourth-order valence-corrected chi connectivity index (χ4v) is 2.59. The van der Waals surface area contributed by atoms with Gasteiger partial charge in [0.05, 0.1) is 0 Å². The lowest BCUT2D eigenvalue weighted by atomic mass is 10.1. The van der Waals surface area contributed by atoms with Gasteiger partial charge >= 0.3 is 0 Å². The molecule has 0 aliphatic heterocycles. The summed E-state index contributed by atoms with van der Waals surface area (Å²) in [6, 6.07) is 6.44. The normalized spacial score (nSPS) is 9.95. The van der Waals surface area contributed by atoms with Crippen LogP contribution in [0.1, 0.15) is 24.0 Å². The van der Waals surface area contributed by atoms with E-state index in [0.717, 1.165) is 25.3 Å². The maximum atomic E-state index is 11.6. The topological polar surface area (TPSA) is 41.1 Å². The first-order valence-corrected chi connectivity index (χ1v) is 7.73. The van der Waals surface area contributed by atoms with E-state index >= 15 is 0 Å². The maximum absolute atomic E-state index is 11.6. The first kappa shape index (κ1) is 19.3. The minimum absolute atomic E-state index is 0. The van der Waals surface area contributed by atoms with Gasteiger partial charge in [0.1, 0.15) is 0 Å². The molecule has 0 unspecified atom stereocenters. The third kappa shape index (κ3) is 7.78. The van der Waals surface area contributed by atoms with Gasteiger partial charge in [-0.05, 0) is 57.1 Å². The lowest BCUT2D eigenvalue weighted by molar-refractivity contribution is -0.120. The van der Waals surface area contributed by atoms with Gasteiger partial charge in [0.2, 0.25) is 5.91 Å². The monoisotopic (exact) mass is 316 g/mol. The quantitative estimate of drug-likeness (QED) is 0.572. The first-order valence-electron chi connectivity index (χ1n) is 6.75. The number of hydrogen-bond acceptors (Lipinski definition) is 3. The summed E-state index contributed by atoms with van der Waals surface area (Å²) < 4.78 is 0. The molecule has 0 saturated heterocycles. The molecule has 0 spiro atoms. The highest BCUT2D eigenvalue weighted by Crippen LogP contribution is 2.21. The third-order valence-electron chi connectivity index (χ3n) is 3.00. The molecule has 0 aromatic heterocycles. The van der Waals surface area contributed by atoms with Crippen LogP contribution in [0.4, 0.5) is 0 Å². The van der Waals surface area contributed by atoms with E-state index in [0.29, 0.717) is 6.42 Å². The van der Waals surface area contributed by atoms with Gasteiger partial charge in [-0.3, -0.25) is 4.79 Å². The maximum Gasteiger partial charge on any atom is 0.220 e. The Morgan fingerprint density at radius 2 is 1.95 bits per heavy atom. The van der Waals surface area contributed by atoms with Crippen molar-refractivity contribution in [3.8, 4) is 0 Å². The predicted molar refractivity (Wildman–Crippen MR) is 90.1 cm³/mol. The second kappa shape index (κ2) is 11.0. The summed E-state index contributed by atoms with van der Waals surface area (Å²) >= 11 is 1.74. The Kier molecular flexibility index (Phi) is 10.6. The van der Waals surface area contributed by atoms with Crippen molar-refractivity contribution < 1.29 is 4.79 Å². The first-order chi connectivity index (χ1) is 9.13. The third-order valence-corrected chi connectivity index (χ3v) is 4.00. The highest BCUT2D eigenvalue weighted by atomic mass is 35.5. The van der Waals surface area contributed by atoms with Crippen LogP contribution in [0.2, 0.25) is 0 Å². The molecule has 0 saturated carbocycles. The molecule has 20 heavy (non-hydrogen) atoms. The zero-order valence-corrected chi connectivity index (χ0v) is 14.1. The van der Waals surface area contributed by atoms with Gasteiger partial charge < -0.3 is 10.6 Å². The van der Waals surface area contributed by atoms with Crippen LogP contribution in [0.3, 0.4) is 0 Å². The molecule has 2 N–H and O–H groups in total. The molecule has 0 heterocycles. The Bertz CT molecular complexity index is 413. The molecular formula is C15H25ClN2OS. The van der Waals surface area contributed by atoms with Crippen molar-refractivity contribution in [3.63, 3.8) is 0 Å². The summed E-state index contributed by atoms with van der Waals surface area (Å²) in [6.07, 6.45) is 1.56. The number of amides is 1. The molecular weight excluding hydrogens is 292 g/mol. The SMILES string of the molecule is CNCCCNC(=O)CCSc1ccc(C)c(C)c1.Cl. The van der Waals surface area contributed by atoms with Crippen molar-refractivity contribution >= 4 is 30.1 Å². The summed E-state index contributed by atoms with van der Waals surface area (Å²) in [5.41, 5.74) is 2.62. The number of halogens is 1. The van der Waals surface area contributed by atoms with E-state index < -0.39 is 0 Å².